The summed E-state index contributed by atoms with van der Waals surface area (Å²) >= 11 is 0. The molecule has 1 amide bonds. The molecule has 0 saturated carbocycles. The predicted octanol–water partition coefficient (Wildman–Crippen LogP) is 3.65. The van der Waals surface area contributed by atoms with Crippen LogP contribution in [-0.4, -0.2) is 28.2 Å². The highest BCUT2D eigenvalue weighted by atomic mass is 19.1. The van der Waals surface area contributed by atoms with Crippen LogP contribution in [0.5, 0.6) is 0 Å². The number of ether oxygens (including phenoxy) is 1. The molecule has 0 atom stereocenters. The largest absolute Gasteiger partial charge is 0.461 e. The minimum atomic E-state index is -0.521. The molecule has 3 aromatic rings. The van der Waals surface area contributed by atoms with Crippen LogP contribution in [-0.2, 0) is 29.6 Å². The molecular formula is C23H24FN3O3. The van der Waals surface area contributed by atoms with Gasteiger partial charge in [-0.1, -0.05) is 37.3 Å². The molecule has 1 aromatic heterocycles. The number of hydrogen-bond acceptors (Lipinski definition) is 4. The smallest absolute Gasteiger partial charge is 0.307 e. The van der Waals surface area contributed by atoms with Gasteiger partial charge in [-0.3, -0.25) is 14.3 Å². The van der Waals surface area contributed by atoms with E-state index in [4.69, 9.17) is 4.74 Å². The summed E-state index contributed by atoms with van der Waals surface area (Å²) in [6.45, 7) is 2.27. The van der Waals surface area contributed by atoms with Crippen molar-refractivity contribution in [1.82, 2.24) is 15.1 Å². The van der Waals surface area contributed by atoms with E-state index in [1.54, 1.807) is 17.8 Å². The second-order valence-corrected chi connectivity index (χ2v) is 6.91. The molecule has 0 aliphatic rings. The van der Waals surface area contributed by atoms with Gasteiger partial charge < -0.3 is 10.1 Å². The normalized spacial score (nSPS) is 10.6. The molecule has 7 heteroatoms. The first-order chi connectivity index (χ1) is 14.5. The molecule has 0 aliphatic heterocycles. The monoisotopic (exact) mass is 409 g/mol. The molecule has 30 heavy (non-hydrogen) atoms. The van der Waals surface area contributed by atoms with Crippen LogP contribution >= 0.6 is 0 Å². The van der Waals surface area contributed by atoms with Crippen LogP contribution in [0.4, 0.5) is 4.39 Å². The maximum Gasteiger partial charge on any atom is 0.307 e. The fourth-order valence-corrected chi connectivity index (χ4v) is 3.09. The van der Waals surface area contributed by atoms with E-state index in [1.165, 1.54) is 12.1 Å². The zero-order valence-electron chi connectivity index (χ0n) is 17.0. The fraction of sp³-hybridized carbons (Fsp3) is 0.261. The van der Waals surface area contributed by atoms with Crippen molar-refractivity contribution in [2.75, 3.05) is 6.54 Å². The molecule has 0 unspecified atom stereocenters. The van der Waals surface area contributed by atoms with E-state index >= 15 is 0 Å². The second kappa shape index (κ2) is 9.82. The quantitative estimate of drug-likeness (QED) is 0.577. The molecule has 0 saturated heterocycles. The molecule has 1 N–H and O–H groups in total. The molecule has 156 valence electrons. The number of esters is 1. The van der Waals surface area contributed by atoms with Gasteiger partial charge >= 0.3 is 5.97 Å². The molecule has 2 aromatic carbocycles. The van der Waals surface area contributed by atoms with Gasteiger partial charge in [-0.2, -0.15) is 5.10 Å². The number of halogens is 1. The molecular weight excluding hydrogens is 385 g/mol. The number of hydrogen-bond donors (Lipinski definition) is 1. The highest BCUT2D eigenvalue weighted by molar-refractivity contribution is 5.95. The van der Waals surface area contributed by atoms with Gasteiger partial charge in [0, 0.05) is 30.9 Å². The Labute approximate surface area is 174 Å². The number of amides is 1. The van der Waals surface area contributed by atoms with E-state index in [0.717, 1.165) is 17.5 Å². The third-order valence-electron chi connectivity index (χ3n) is 4.58. The van der Waals surface area contributed by atoms with Crippen molar-refractivity contribution in [1.29, 1.82) is 0 Å². The molecule has 1 heterocycles. The third kappa shape index (κ3) is 5.53. The van der Waals surface area contributed by atoms with Crippen LogP contribution in [0, 0.1) is 5.82 Å². The summed E-state index contributed by atoms with van der Waals surface area (Å²) in [4.78, 5) is 24.3. The van der Waals surface area contributed by atoms with Gasteiger partial charge in [-0.05, 0) is 35.7 Å². The third-order valence-corrected chi connectivity index (χ3v) is 4.58. The minimum absolute atomic E-state index is 0.0287. The van der Waals surface area contributed by atoms with Crippen molar-refractivity contribution in [3.63, 3.8) is 0 Å². The standard InChI is InChI=1S/C23H24FN3O3/c1-3-17-14-27(2)26-22(17)18-11-19(13-20(24)12-18)23(29)25-10-9-21(28)30-15-16-7-5-4-6-8-16/h4-8,11-14H,3,9-10,15H2,1-2H3,(H,25,29). The van der Waals surface area contributed by atoms with Crippen LogP contribution in [0.2, 0.25) is 0 Å². The molecule has 0 radical (unpaired) electrons. The van der Waals surface area contributed by atoms with Gasteiger partial charge in [0.25, 0.3) is 5.91 Å². The Kier molecular flexibility index (Phi) is 6.95. The average Bonchev–Trinajstić information content (AvgIpc) is 3.13. The molecule has 6 nitrogen and oxygen atoms in total. The van der Waals surface area contributed by atoms with E-state index in [1.807, 2.05) is 43.5 Å². The van der Waals surface area contributed by atoms with E-state index in [0.29, 0.717) is 11.3 Å². The summed E-state index contributed by atoms with van der Waals surface area (Å²) in [5, 5.41) is 7.02. The Balaban J connectivity index is 1.57. The SMILES string of the molecule is CCc1cn(C)nc1-c1cc(F)cc(C(=O)NCCC(=O)OCc2ccccc2)c1. The number of aryl methyl sites for hydroxylation is 2. The summed E-state index contributed by atoms with van der Waals surface area (Å²) in [5.74, 6) is -1.40. The van der Waals surface area contributed by atoms with Crippen LogP contribution < -0.4 is 5.32 Å². The van der Waals surface area contributed by atoms with Crippen LogP contribution in [0.15, 0.2) is 54.7 Å². The lowest BCUT2D eigenvalue weighted by Crippen LogP contribution is -2.26. The number of aromatic nitrogens is 2. The Morgan fingerprint density at radius 1 is 1.17 bits per heavy atom. The maximum atomic E-state index is 14.1. The van der Waals surface area contributed by atoms with Gasteiger partial charge in [0.15, 0.2) is 0 Å². The first-order valence-corrected chi connectivity index (χ1v) is 9.77. The van der Waals surface area contributed by atoms with E-state index in [2.05, 4.69) is 10.4 Å². The summed E-state index contributed by atoms with van der Waals surface area (Å²) in [5.41, 5.74) is 3.23. The van der Waals surface area contributed by atoms with Crippen LogP contribution in [0.25, 0.3) is 11.3 Å². The van der Waals surface area contributed by atoms with Crippen molar-refractivity contribution in [3.8, 4) is 11.3 Å². The first kappa shape index (κ1) is 21.2. The Morgan fingerprint density at radius 2 is 1.93 bits per heavy atom. The summed E-state index contributed by atoms with van der Waals surface area (Å²) in [6, 6.07) is 13.5. The Bertz CT molecular complexity index is 1030. The lowest BCUT2D eigenvalue weighted by Gasteiger charge is -2.08. The van der Waals surface area contributed by atoms with Gasteiger partial charge in [-0.25, -0.2) is 4.39 Å². The van der Waals surface area contributed by atoms with Crippen molar-refractivity contribution in [2.24, 2.45) is 7.05 Å². The average molecular weight is 409 g/mol. The van der Waals surface area contributed by atoms with E-state index < -0.39 is 17.7 Å². The molecule has 0 fully saturated rings. The summed E-state index contributed by atoms with van der Waals surface area (Å²) in [6.07, 6.45) is 2.65. The van der Waals surface area contributed by atoms with Gasteiger partial charge in [0.05, 0.1) is 12.1 Å². The second-order valence-electron chi connectivity index (χ2n) is 6.91. The van der Waals surface area contributed by atoms with Crippen molar-refractivity contribution < 1.29 is 18.7 Å². The van der Waals surface area contributed by atoms with Gasteiger partial charge in [0.1, 0.15) is 12.4 Å². The highest BCUT2D eigenvalue weighted by Crippen LogP contribution is 2.24. The predicted molar refractivity (Wildman–Crippen MR) is 111 cm³/mol. The number of nitrogens with one attached hydrogen (secondary N) is 1. The Morgan fingerprint density at radius 3 is 2.67 bits per heavy atom. The molecule has 0 spiro atoms. The molecule has 0 bridgehead atoms. The zero-order chi connectivity index (χ0) is 21.5. The maximum absolute atomic E-state index is 14.1. The first-order valence-electron chi connectivity index (χ1n) is 9.77. The van der Waals surface area contributed by atoms with Crippen LogP contribution in [0.3, 0.4) is 0 Å². The topological polar surface area (TPSA) is 73.2 Å². The number of nitrogens with zero attached hydrogens (tertiary/aromatic N) is 2. The number of rotatable bonds is 8. The number of carbonyl (C=O) groups is 2. The lowest BCUT2D eigenvalue weighted by molar-refractivity contribution is -0.144. The van der Waals surface area contributed by atoms with E-state index in [9.17, 15) is 14.0 Å². The number of carbonyl (C=O) groups excluding carboxylic acids is 2. The van der Waals surface area contributed by atoms with Crippen molar-refractivity contribution >= 4 is 11.9 Å². The van der Waals surface area contributed by atoms with Gasteiger partial charge in [-0.15, -0.1) is 0 Å². The minimum Gasteiger partial charge on any atom is -0.461 e. The zero-order valence-corrected chi connectivity index (χ0v) is 17.0. The van der Waals surface area contributed by atoms with Gasteiger partial charge in [0.2, 0.25) is 0 Å². The van der Waals surface area contributed by atoms with Crippen LogP contribution in [0.1, 0.15) is 34.8 Å². The number of benzene rings is 2. The Hall–Kier alpha value is -3.48. The summed E-state index contributed by atoms with van der Waals surface area (Å²) in [7, 11) is 1.80. The van der Waals surface area contributed by atoms with Crippen molar-refractivity contribution in [3.05, 3.63) is 77.2 Å². The molecule has 0 aliphatic carbocycles. The summed E-state index contributed by atoms with van der Waals surface area (Å²) < 4.78 is 21.0. The lowest BCUT2D eigenvalue weighted by atomic mass is 10.0. The fourth-order valence-electron chi connectivity index (χ4n) is 3.09. The van der Waals surface area contributed by atoms with Crippen molar-refractivity contribution in [2.45, 2.75) is 26.4 Å². The highest BCUT2D eigenvalue weighted by Gasteiger charge is 2.14. The molecule has 3 rings (SSSR count). The van der Waals surface area contributed by atoms with E-state index in [-0.39, 0.29) is 25.1 Å².